The highest BCUT2D eigenvalue weighted by Crippen LogP contribution is 2.29. The molecule has 1 N–H and O–H groups in total. The molecule has 0 spiro atoms. The van der Waals surface area contributed by atoms with Crippen LogP contribution in [0.2, 0.25) is 0 Å². The van der Waals surface area contributed by atoms with Crippen molar-refractivity contribution < 1.29 is 22.7 Å². The number of anilines is 2. The van der Waals surface area contributed by atoms with Crippen LogP contribution in [-0.2, 0) is 19.6 Å². The van der Waals surface area contributed by atoms with Gasteiger partial charge in [-0.15, -0.1) is 0 Å². The van der Waals surface area contributed by atoms with Gasteiger partial charge in [-0.3, -0.25) is 4.79 Å². The zero-order valence-electron chi connectivity index (χ0n) is 18.8. The minimum absolute atomic E-state index is 0.00541. The molecule has 1 fully saturated rings. The number of benzene rings is 2. The van der Waals surface area contributed by atoms with Gasteiger partial charge in [-0.05, 0) is 57.0 Å². The Balaban J connectivity index is 1.84. The maximum absolute atomic E-state index is 13.0. The number of hydrogen-bond donors (Lipinski definition) is 1. The van der Waals surface area contributed by atoms with Crippen LogP contribution in [0.1, 0.15) is 35.7 Å². The van der Waals surface area contributed by atoms with E-state index >= 15 is 0 Å². The van der Waals surface area contributed by atoms with E-state index in [0.29, 0.717) is 11.4 Å². The van der Waals surface area contributed by atoms with Crippen LogP contribution in [0.3, 0.4) is 0 Å². The smallest absolute Gasteiger partial charge is 0.341 e. The number of nitrogens with zero attached hydrogens (tertiary/aromatic N) is 2. The van der Waals surface area contributed by atoms with Crippen LogP contribution in [0, 0.1) is 6.92 Å². The lowest BCUT2D eigenvalue weighted by atomic mass is 10.1. The minimum Gasteiger partial charge on any atom is -0.449 e. The summed E-state index contributed by atoms with van der Waals surface area (Å²) in [4.78, 5) is 27.6. The molecular weight excluding hydrogens is 430 g/mol. The van der Waals surface area contributed by atoms with Crippen molar-refractivity contribution in [3.63, 3.8) is 0 Å². The highest BCUT2D eigenvalue weighted by atomic mass is 32.2. The molecule has 172 valence electrons. The Kier molecular flexibility index (Phi) is 7.20. The van der Waals surface area contributed by atoms with Crippen molar-refractivity contribution in [1.29, 1.82) is 0 Å². The second-order valence-corrected chi connectivity index (χ2v) is 10.2. The molecule has 0 aliphatic carbocycles. The fraction of sp³-hybridized carbons (Fsp3) is 0.391. The SMILES string of the molecule is Cc1ccc(NC(=O)[C@H](C)OC(=O)c2cc(S(=O)(=O)N(C)C)ccc2N2CCCC2)cc1. The molecule has 9 heteroatoms. The standard InChI is InChI=1S/C23H29N3O5S/c1-16-7-9-18(10-8-16)24-22(27)17(2)31-23(28)20-15-19(32(29,30)25(3)4)11-12-21(20)26-13-5-6-14-26/h7-12,15,17H,5-6,13-14H2,1-4H3,(H,24,27)/t17-/m0/s1. The zero-order valence-corrected chi connectivity index (χ0v) is 19.6. The first-order chi connectivity index (χ1) is 15.1. The molecule has 1 aliphatic rings. The van der Waals surface area contributed by atoms with Gasteiger partial charge in [-0.1, -0.05) is 17.7 Å². The molecule has 0 bridgehead atoms. The first-order valence-electron chi connectivity index (χ1n) is 10.5. The van der Waals surface area contributed by atoms with Crippen molar-refractivity contribution in [2.75, 3.05) is 37.4 Å². The first kappa shape index (κ1) is 23.7. The summed E-state index contributed by atoms with van der Waals surface area (Å²) < 4.78 is 31.7. The Morgan fingerprint density at radius 2 is 1.69 bits per heavy atom. The monoisotopic (exact) mass is 459 g/mol. The lowest BCUT2D eigenvalue weighted by Gasteiger charge is -2.23. The topological polar surface area (TPSA) is 96.0 Å². The fourth-order valence-electron chi connectivity index (χ4n) is 3.44. The van der Waals surface area contributed by atoms with Crippen LogP contribution in [0.15, 0.2) is 47.4 Å². The number of hydrogen-bond acceptors (Lipinski definition) is 6. The Morgan fingerprint density at radius 1 is 1.06 bits per heavy atom. The number of esters is 1. The molecule has 2 aromatic rings. The first-order valence-corrected chi connectivity index (χ1v) is 11.9. The summed E-state index contributed by atoms with van der Waals surface area (Å²) in [5.74, 6) is -1.21. The molecule has 32 heavy (non-hydrogen) atoms. The van der Waals surface area contributed by atoms with Crippen molar-refractivity contribution in [3.8, 4) is 0 Å². The molecule has 1 amide bonds. The van der Waals surface area contributed by atoms with E-state index in [0.717, 1.165) is 35.8 Å². The van der Waals surface area contributed by atoms with Crippen LogP contribution in [-0.4, -0.2) is 57.9 Å². The number of ether oxygens (including phenoxy) is 1. The largest absolute Gasteiger partial charge is 0.449 e. The quantitative estimate of drug-likeness (QED) is 0.640. The number of sulfonamides is 1. The molecule has 3 rings (SSSR count). The van der Waals surface area contributed by atoms with Crippen molar-refractivity contribution in [3.05, 3.63) is 53.6 Å². The highest BCUT2D eigenvalue weighted by Gasteiger charge is 2.27. The second-order valence-electron chi connectivity index (χ2n) is 8.06. The summed E-state index contributed by atoms with van der Waals surface area (Å²) in [7, 11) is -0.875. The third kappa shape index (κ3) is 5.28. The highest BCUT2D eigenvalue weighted by molar-refractivity contribution is 7.89. The van der Waals surface area contributed by atoms with E-state index in [1.165, 1.54) is 33.2 Å². The van der Waals surface area contributed by atoms with Gasteiger partial charge in [0.25, 0.3) is 5.91 Å². The van der Waals surface area contributed by atoms with Gasteiger partial charge in [0.15, 0.2) is 6.10 Å². The Labute approximate surface area is 189 Å². The molecule has 1 atom stereocenters. The zero-order chi connectivity index (χ0) is 23.5. The fourth-order valence-corrected chi connectivity index (χ4v) is 4.37. The summed E-state index contributed by atoms with van der Waals surface area (Å²) in [5, 5.41) is 2.72. The Morgan fingerprint density at radius 3 is 2.28 bits per heavy atom. The van der Waals surface area contributed by atoms with Gasteiger partial charge in [0.05, 0.1) is 16.1 Å². The molecule has 0 unspecified atom stereocenters. The minimum atomic E-state index is -3.73. The third-order valence-corrected chi connectivity index (χ3v) is 7.20. The lowest BCUT2D eigenvalue weighted by Crippen LogP contribution is -2.31. The predicted molar refractivity (Wildman–Crippen MR) is 123 cm³/mol. The number of nitrogens with one attached hydrogen (secondary N) is 1. The Hall–Kier alpha value is -2.91. The lowest BCUT2D eigenvalue weighted by molar-refractivity contribution is -0.123. The van der Waals surface area contributed by atoms with Gasteiger partial charge in [0.1, 0.15) is 0 Å². The molecular formula is C23H29N3O5S. The van der Waals surface area contributed by atoms with Gasteiger partial charge in [-0.25, -0.2) is 17.5 Å². The third-order valence-electron chi connectivity index (χ3n) is 5.39. The normalized spacial score (nSPS) is 15.0. The van der Waals surface area contributed by atoms with Crippen molar-refractivity contribution in [2.24, 2.45) is 0 Å². The van der Waals surface area contributed by atoms with E-state index < -0.39 is 28.0 Å². The van der Waals surface area contributed by atoms with Crippen LogP contribution in [0.25, 0.3) is 0 Å². The second kappa shape index (κ2) is 9.70. The van der Waals surface area contributed by atoms with Gasteiger partial charge in [-0.2, -0.15) is 0 Å². The van der Waals surface area contributed by atoms with Crippen molar-refractivity contribution in [2.45, 2.75) is 37.7 Å². The average Bonchev–Trinajstić information content (AvgIpc) is 3.29. The number of aryl methyl sites for hydroxylation is 1. The molecule has 1 saturated heterocycles. The van der Waals surface area contributed by atoms with E-state index in [1.54, 1.807) is 18.2 Å². The maximum atomic E-state index is 13.0. The molecule has 1 heterocycles. The summed E-state index contributed by atoms with van der Waals surface area (Å²) in [6.07, 6.45) is 0.910. The van der Waals surface area contributed by atoms with Gasteiger partial charge in [0, 0.05) is 32.9 Å². The van der Waals surface area contributed by atoms with E-state index in [9.17, 15) is 18.0 Å². The number of amides is 1. The predicted octanol–water partition coefficient (Wildman–Crippen LogP) is 3.03. The van der Waals surface area contributed by atoms with Gasteiger partial charge >= 0.3 is 5.97 Å². The number of carbonyl (C=O) groups is 2. The van der Waals surface area contributed by atoms with E-state index in [1.807, 2.05) is 24.0 Å². The molecule has 1 aliphatic heterocycles. The molecule has 8 nitrogen and oxygen atoms in total. The summed E-state index contributed by atoms with van der Waals surface area (Å²) in [5.41, 5.74) is 2.39. The van der Waals surface area contributed by atoms with Crippen molar-refractivity contribution in [1.82, 2.24) is 4.31 Å². The van der Waals surface area contributed by atoms with Gasteiger partial charge < -0.3 is 15.0 Å². The summed E-state index contributed by atoms with van der Waals surface area (Å²) in [6.45, 7) is 4.96. The molecule has 0 radical (unpaired) electrons. The van der Waals surface area contributed by atoms with Crippen LogP contribution >= 0.6 is 0 Å². The summed E-state index contributed by atoms with van der Waals surface area (Å²) >= 11 is 0. The van der Waals surface area contributed by atoms with E-state index in [2.05, 4.69) is 5.32 Å². The maximum Gasteiger partial charge on any atom is 0.341 e. The van der Waals surface area contributed by atoms with E-state index in [4.69, 9.17) is 4.74 Å². The molecule has 2 aromatic carbocycles. The van der Waals surface area contributed by atoms with Crippen molar-refractivity contribution >= 4 is 33.3 Å². The number of rotatable bonds is 7. The van der Waals surface area contributed by atoms with Crippen LogP contribution in [0.4, 0.5) is 11.4 Å². The van der Waals surface area contributed by atoms with Crippen LogP contribution < -0.4 is 10.2 Å². The Bertz CT molecular complexity index is 1090. The van der Waals surface area contributed by atoms with Crippen LogP contribution in [0.5, 0.6) is 0 Å². The number of carbonyl (C=O) groups excluding carboxylic acids is 2. The average molecular weight is 460 g/mol. The summed E-state index contributed by atoms with van der Waals surface area (Å²) in [6, 6.07) is 11.7. The molecule has 0 aromatic heterocycles. The van der Waals surface area contributed by atoms with E-state index in [-0.39, 0.29) is 10.5 Å². The molecule has 0 saturated carbocycles. The van der Waals surface area contributed by atoms with Gasteiger partial charge in [0.2, 0.25) is 10.0 Å².